The van der Waals surface area contributed by atoms with Crippen LogP contribution in [0.3, 0.4) is 0 Å². The predicted molar refractivity (Wildman–Crippen MR) is 75.0 cm³/mol. The lowest BCUT2D eigenvalue weighted by Gasteiger charge is -2.14. The third-order valence-corrected chi connectivity index (χ3v) is 2.80. The Balaban J connectivity index is 2.17. The van der Waals surface area contributed by atoms with Crippen LogP contribution < -0.4 is 10.1 Å². The van der Waals surface area contributed by atoms with Crippen LogP contribution >= 0.6 is 0 Å². The molecule has 1 aromatic rings. The minimum Gasteiger partial charge on any atom is -0.475 e. The first-order valence-electron chi connectivity index (χ1n) is 6.87. The van der Waals surface area contributed by atoms with E-state index in [1.165, 1.54) is 0 Å². The van der Waals surface area contributed by atoms with Gasteiger partial charge in [-0.3, -0.25) is 0 Å². The monoisotopic (exact) mass is 253 g/mol. The third kappa shape index (κ3) is 5.54. The predicted octanol–water partition coefficient (Wildman–Crippen LogP) is 2.52. The van der Waals surface area contributed by atoms with Crippen molar-refractivity contribution in [2.75, 3.05) is 13.1 Å². The number of hydrogen-bond donors (Lipinski definition) is 1. The average molecular weight is 253 g/mol. The number of nitrogens with one attached hydrogen (secondary N) is 1. The first-order chi connectivity index (χ1) is 8.49. The highest BCUT2D eigenvalue weighted by molar-refractivity contribution is 5.14. The van der Waals surface area contributed by atoms with E-state index in [-0.39, 0.29) is 6.10 Å². The highest BCUT2D eigenvalue weighted by Crippen LogP contribution is 2.14. The van der Waals surface area contributed by atoms with Crippen LogP contribution in [0.5, 0.6) is 5.88 Å². The van der Waals surface area contributed by atoms with Crippen LogP contribution in [0, 0.1) is 12.8 Å². The summed E-state index contributed by atoms with van der Waals surface area (Å²) in [5.74, 6) is 1.58. The van der Waals surface area contributed by atoms with Crippen LogP contribution in [0.2, 0.25) is 0 Å². The molecule has 0 fully saturated rings. The van der Waals surface area contributed by atoms with Crippen LogP contribution in [-0.4, -0.2) is 29.0 Å². The summed E-state index contributed by atoms with van der Waals surface area (Å²) < 4.78 is 7.66. The lowest BCUT2D eigenvalue weighted by Crippen LogP contribution is -2.22. The van der Waals surface area contributed by atoms with Gasteiger partial charge in [-0.05, 0) is 45.7 Å². The molecule has 4 heteroatoms. The quantitative estimate of drug-likeness (QED) is 0.724. The van der Waals surface area contributed by atoms with Crippen molar-refractivity contribution in [1.29, 1.82) is 0 Å². The summed E-state index contributed by atoms with van der Waals surface area (Å²) in [6.45, 7) is 10.7. The largest absolute Gasteiger partial charge is 0.475 e. The van der Waals surface area contributed by atoms with Crippen molar-refractivity contribution in [2.45, 2.75) is 46.6 Å². The molecule has 1 rings (SSSR count). The van der Waals surface area contributed by atoms with E-state index >= 15 is 0 Å². The first-order valence-corrected chi connectivity index (χ1v) is 6.87. The SMILES string of the molecule is Cc1cc(OC(C)CCCNCC(C)C)n(C)n1. The zero-order valence-electron chi connectivity index (χ0n) is 12.4. The first kappa shape index (κ1) is 15.0. The Bertz CT molecular complexity index is 347. The molecule has 0 saturated carbocycles. The molecule has 0 amide bonds. The minimum atomic E-state index is 0.237. The van der Waals surface area contributed by atoms with Gasteiger partial charge < -0.3 is 10.1 Å². The summed E-state index contributed by atoms with van der Waals surface area (Å²) >= 11 is 0. The zero-order valence-corrected chi connectivity index (χ0v) is 12.4. The molecule has 0 aliphatic heterocycles. The summed E-state index contributed by atoms with van der Waals surface area (Å²) in [4.78, 5) is 0. The summed E-state index contributed by atoms with van der Waals surface area (Å²) in [6, 6.07) is 1.98. The van der Waals surface area contributed by atoms with Crippen molar-refractivity contribution in [3.8, 4) is 5.88 Å². The Morgan fingerprint density at radius 2 is 2.11 bits per heavy atom. The lowest BCUT2D eigenvalue weighted by molar-refractivity contribution is 0.190. The summed E-state index contributed by atoms with van der Waals surface area (Å²) in [5, 5.41) is 7.72. The van der Waals surface area contributed by atoms with Gasteiger partial charge in [0.15, 0.2) is 0 Å². The highest BCUT2D eigenvalue weighted by Gasteiger charge is 2.08. The van der Waals surface area contributed by atoms with E-state index in [1.807, 2.05) is 20.0 Å². The second kappa shape index (κ2) is 7.41. The number of ether oxygens (including phenoxy) is 1. The fourth-order valence-electron chi connectivity index (χ4n) is 1.87. The molecule has 18 heavy (non-hydrogen) atoms. The highest BCUT2D eigenvalue weighted by atomic mass is 16.5. The van der Waals surface area contributed by atoms with Crippen molar-refractivity contribution in [2.24, 2.45) is 13.0 Å². The Hall–Kier alpha value is -1.03. The van der Waals surface area contributed by atoms with Gasteiger partial charge in [0.05, 0.1) is 11.8 Å². The molecule has 0 bridgehead atoms. The molecule has 104 valence electrons. The summed E-state index contributed by atoms with van der Waals surface area (Å²) in [7, 11) is 1.92. The van der Waals surface area contributed by atoms with Gasteiger partial charge in [-0.25, -0.2) is 4.68 Å². The van der Waals surface area contributed by atoms with Gasteiger partial charge in [0.2, 0.25) is 5.88 Å². The van der Waals surface area contributed by atoms with Crippen LogP contribution in [0.15, 0.2) is 6.07 Å². The number of aromatic nitrogens is 2. The second-order valence-corrected chi connectivity index (χ2v) is 5.42. The van der Waals surface area contributed by atoms with Gasteiger partial charge in [0.25, 0.3) is 0 Å². The molecular weight excluding hydrogens is 226 g/mol. The van der Waals surface area contributed by atoms with Crippen LogP contribution in [0.1, 0.15) is 39.3 Å². The fourth-order valence-corrected chi connectivity index (χ4v) is 1.87. The van der Waals surface area contributed by atoms with E-state index in [0.717, 1.165) is 43.4 Å². The van der Waals surface area contributed by atoms with E-state index < -0.39 is 0 Å². The number of rotatable bonds is 8. The second-order valence-electron chi connectivity index (χ2n) is 5.42. The normalized spacial score (nSPS) is 13.0. The Kier molecular flexibility index (Phi) is 6.19. The maximum atomic E-state index is 5.87. The average Bonchev–Trinajstić information content (AvgIpc) is 2.56. The maximum Gasteiger partial charge on any atom is 0.211 e. The smallest absolute Gasteiger partial charge is 0.211 e. The molecule has 0 saturated heterocycles. The molecule has 0 aliphatic rings. The molecule has 0 aromatic carbocycles. The number of aryl methyl sites for hydroxylation is 2. The number of nitrogens with zero attached hydrogens (tertiary/aromatic N) is 2. The third-order valence-electron chi connectivity index (χ3n) is 2.80. The van der Waals surface area contributed by atoms with Gasteiger partial charge in [-0.1, -0.05) is 13.8 Å². The van der Waals surface area contributed by atoms with Crippen LogP contribution in [0.4, 0.5) is 0 Å². The molecule has 4 nitrogen and oxygen atoms in total. The van der Waals surface area contributed by atoms with Crippen LogP contribution in [0.25, 0.3) is 0 Å². The molecule has 1 unspecified atom stereocenters. The van der Waals surface area contributed by atoms with Crippen molar-refractivity contribution < 1.29 is 4.74 Å². The van der Waals surface area contributed by atoms with E-state index in [4.69, 9.17) is 4.74 Å². The molecule has 0 radical (unpaired) electrons. The van der Waals surface area contributed by atoms with E-state index in [0.29, 0.717) is 0 Å². The van der Waals surface area contributed by atoms with Gasteiger partial charge in [-0.2, -0.15) is 5.10 Å². The van der Waals surface area contributed by atoms with Gasteiger partial charge in [0, 0.05) is 13.1 Å². The molecule has 1 aromatic heterocycles. The van der Waals surface area contributed by atoms with Crippen molar-refractivity contribution >= 4 is 0 Å². The Morgan fingerprint density at radius 1 is 1.39 bits per heavy atom. The number of hydrogen-bond acceptors (Lipinski definition) is 3. The van der Waals surface area contributed by atoms with Gasteiger partial charge in [0.1, 0.15) is 0 Å². The Labute approximate surface area is 111 Å². The van der Waals surface area contributed by atoms with Crippen molar-refractivity contribution in [1.82, 2.24) is 15.1 Å². The standard InChI is InChI=1S/C14H27N3O/c1-11(2)10-15-8-6-7-13(4)18-14-9-12(3)16-17(14)5/h9,11,13,15H,6-8,10H2,1-5H3. The maximum absolute atomic E-state index is 5.87. The minimum absolute atomic E-state index is 0.237. The topological polar surface area (TPSA) is 39.1 Å². The van der Waals surface area contributed by atoms with E-state index in [2.05, 4.69) is 31.2 Å². The summed E-state index contributed by atoms with van der Waals surface area (Å²) in [6.07, 6.45) is 2.45. The molecular formula is C14H27N3O. The van der Waals surface area contributed by atoms with Crippen molar-refractivity contribution in [3.05, 3.63) is 11.8 Å². The summed E-state index contributed by atoms with van der Waals surface area (Å²) in [5.41, 5.74) is 0.998. The van der Waals surface area contributed by atoms with Crippen molar-refractivity contribution in [3.63, 3.8) is 0 Å². The fraction of sp³-hybridized carbons (Fsp3) is 0.786. The van der Waals surface area contributed by atoms with E-state index in [9.17, 15) is 0 Å². The zero-order chi connectivity index (χ0) is 13.5. The Morgan fingerprint density at radius 3 is 2.67 bits per heavy atom. The molecule has 1 heterocycles. The van der Waals surface area contributed by atoms with Gasteiger partial charge in [-0.15, -0.1) is 0 Å². The van der Waals surface area contributed by atoms with E-state index in [1.54, 1.807) is 4.68 Å². The molecule has 0 spiro atoms. The van der Waals surface area contributed by atoms with Crippen LogP contribution in [-0.2, 0) is 7.05 Å². The lowest BCUT2D eigenvalue weighted by atomic mass is 10.2. The van der Waals surface area contributed by atoms with Gasteiger partial charge >= 0.3 is 0 Å². The molecule has 1 N–H and O–H groups in total. The molecule has 1 atom stereocenters. The molecule has 0 aliphatic carbocycles.